The number of nitrogens with zero attached hydrogens (tertiary/aromatic N) is 1. The van der Waals surface area contributed by atoms with Gasteiger partial charge in [0.2, 0.25) is 0 Å². The van der Waals surface area contributed by atoms with Crippen molar-refractivity contribution in [2.75, 3.05) is 7.05 Å². The Morgan fingerprint density at radius 1 is 1.24 bits per heavy atom. The minimum atomic E-state index is -0.877. The normalized spacial score (nSPS) is 31.9. The van der Waals surface area contributed by atoms with E-state index in [4.69, 9.17) is 4.74 Å². The zero-order valence-corrected chi connectivity index (χ0v) is 11.9. The number of hydrogen-bond donors (Lipinski definition) is 1. The van der Waals surface area contributed by atoms with Crippen LogP contribution in [0.5, 0.6) is 0 Å². The molecule has 0 amide bonds. The second-order valence-corrected chi connectivity index (χ2v) is 5.87. The fourth-order valence-corrected chi connectivity index (χ4v) is 3.65. The number of rotatable bonds is 3. The summed E-state index contributed by atoms with van der Waals surface area (Å²) in [5.74, 6) is -1.95. The minimum Gasteiger partial charge on any atom is -0.481 e. The van der Waals surface area contributed by atoms with Crippen LogP contribution in [-0.2, 0) is 9.53 Å². The van der Waals surface area contributed by atoms with E-state index in [0.29, 0.717) is 18.0 Å². The van der Waals surface area contributed by atoms with Gasteiger partial charge in [-0.15, -0.1) is 0 Å². The third kappa shape index (κ3) is 2.53. The van der Waals surface area contributed by atoms with Gasteiger partial charge in [-0.25, -0.2) is 4.79 Å². The number of esters is 1. The van der Waals surface area contributed by atoms with Gasteiger partial charge in [-0.05, 0) is 32.0 Å². The van der Waals surface area contributed by atoms with Crippen molar-refractivity contribution in [1.29, 1.82) is 0 Å². The molecule has 2 aliphatic rings. The summed E-state index contributed by atoms with van der Waals surface area (Å²) in [5, 5.41) is 9.51. The lowest BCUT2D eigenvalue weighted by atomic mass is 9.86. The largest absolute Gasteiger partial charge is 0.481 e. The van der Waals surface area contributed by atoms with E-state index in [-0.39, 0.29) is 6.04 Å². The van der Waals surface area contributed by atoms with Crippen LogP contribution < -0.4 is 0 Å². The number of hydrogen-bond acceptors (Lipinski definition) is 4. The van der Waals surface area contributed by atoms with Gasteiger partial charge in [0.05, 0.1) is 5.56 Å². The molecule has 2 fully saturated rings. The van der Waals surface area contributed by atoms with Crippen molar-refractivity contribution in [2.24, 2.45) is 5.92 Å². The molecule has 0 aromatic heterocycles. The van der Waals surface area contributed by atoms with Gasteiger partial charge in [-0.3, -0.25) is 9.69 Å². The first kappa shape index (κ1) is 14.1. The van der Waals surface area contributed by atoms with Gasteiger partial charge >= 0.3 is 11.9 Å². The molecule has 2 saturated heterocycles. The molecule has 2 heterocycles. The Balaban J connectivity index is 1.78. The fraction of sp³-hybridized carbons (Fsp3) is 0.500. The number of benzene rings is 1. The number of carboxylic acid groups (broad SMARTS) is 1. The maximum atomic E-state index is 12.2. The van der Waals surface area contributed by atoms with Crippen molar-refractivity contribution in [3.05, 3.63) is 35.9 Å². The lowest BCUT2D eigenvalue weighted by molar-refractivity contribution is -0.152. The number of aliphatic carboxylic acids is 1. The molecule has 2 aliphatic heterocycles. The van der Waals surface area contributed by atoms with E-state index in [1.807, 2.05) is 13.1 Å². The van der Waals surface area contributed by atoms with Crippen molar-refractivity contribution in [1.82, 2.24) is 4.90 Å². The summed E-state index contributed by atoms with van der Waals surface area (Å²) >= 11 is 0. The van der Waals surface area contributed by atoms with Crippen LogP contribution in [0.4, 0.5) is 0 Å². The Kier molecular flexibility index (Phi) is 3.68. The average molecular weight is 288 g/mol. The third-order valence-electron chi connectivity index (χ3n) is 4.77. The molecule has 5 heteroatoms. The van der Waals surface area contributed by atoms with Gasteiger partial charge in [0.25, 0.3) is 0 Å². The van der Waals surface area contributed by atoms with Crippen LogP contribution in [-0.4, -0.2) is 47.2 Å². The Morgan fingerprint density at radius 2 is 1.95 bits per heavy atom. The van der Waals surface area contributed by atoms with Crippen molar-refractivity contribution in [3.8, 4) is 0 Å². The summed E-state index contributed by atoms with van der Waals surface area (Å²) < 4.78 is 5.53. The number of carbonyl (C=O) groups is 2. The quantitative estimate of drug-likeness (QED) is 0.859. The topological polar surface area (TPSA) is 66.8 Å². The molecule has 21 heavy (non-hydrogen) atoms. The summed E-state index contributed by atoms with van der Waals surface area (Å²) in [6, 6.07) is 9.01. The Morgan fingerprint density at radius 3 is 2.62 bits per heavy atom. The van der Waals surface area contributed by atoms with Crippen molar-refractivity contribution in [3.63, 3.8) is 0 Å². The molecule has 1 N–H and O–H groups in total. The van der Waals surface area contributed by atoms with Crippen molar-refractivity contribution in [2.45, 2.75) is 37.5 Å². The number of carbonyl (C=O) groups excluding carboxylic acids is 1. The summed E-state index contributed by atoms with van der Waals surface area (Å²) in [6.07, 6.45) is 1.90. The highest BCUT2D eigenvalue weighted by Gasteiger charge is 2.50. The molecule has 112 valence electrons. The summed E-state index contributed by atoms with van der Waals surface area (Å²) in [5.41, 5.74) is 0.466. The zero-order chi connectivity index (χ0) is 15.0. The molecule has 2 unspecified atom stereocenters. The van der Waals surface area contributed by atoms with Crippen LogP contribution in [0, 0.1) is 5.92 Å². The molecule has 1 aromatic carbocycles. The first-order valence-corrected chi connectivity index (χ1v) is 7.28. The van der Waals surface area contributed by atoms with E-state index in [2.05, 4.69) is 4.90 Å². The molecule has 2 bridgehead atoms. The van der Waals surface area contributed by atoms with Gasteiger partial charge in [0.15, 0.2) is 0 Å². The van der Waals surface area contributed by atoms with E-state index in [9.17, 15) is 14.7 Å². The predicted octanol–water partition coefficient (Wildman–Crippen LogP) is 1.78. The van der Waals surface area contributed by atoms with Gasteiger partial charge in [-0.2, -0.15) is 0 Å². The number of carboxylic acids is 1. The van der Waals surface area contributed by atoms with E-state index in [0.717, 1.165) is 12.8 Å². The molecular weight excluding hydrogens is 269 g/mol. The number of piperidine rings is 1. The molecule has 3 rings (SSSR count). The second-order valence-electron chi connectivity index (χ2n) is 5.87. The van der Waals surface area contributed by atoms with Crippen molar-refractivity contribution < 1.29 is 19.4 Å². The van der Waals surface area contributed by atoms with E-state index < -0.39 is 24.0 Å². The molecule has 0 spiro atoms. The monoisotopic (exact) mass is 288 g/mol. The second kappa shape index (κ2) is 5.48. The SMILES string of the molecule is [11CH3]N1C2CCC1[C@@H](C(=O)O)[C@@H](OC(=O)c1ccccc1)C2. The molecule has 5 nitrogen and oxygen atoms in total. The molecule has 0 radical (unpaired) electrons. The van der Waals surface area contributed by atoms with Gasteiger partial charge < -0.3 is 9.84 Å². The summed E-state index contributed by atoms with van der Waals surface area (Å²) in [6.45, 7) is 0. The lowest BCUT2D eigenvalue weighted by Gasteiger charge is -2.40. The van der Waals surface area contributed by atoms with Crippen LogP contribution in [0.2, 0.25) is 0 Å². The van der Waals surface area contributed by atoms with Crippen LogP contribution in [0.15, 0.2) is 30.3 Å². The molecule has 1 aromatic rings. The average Bonchev–Trinajstić information content (AvgIpc) is 2.72. The molecule has 4 atom stereocenters. The highest BCUT2D eigenvalue weighted by molar-refractivity contribution is 5.89. The van der Waals surface area contributed by atoms with E-state index in [1.165, 1.54) is 0 Å². The van der Waals surface area contributed by atoms with Crippen LogP contribution in [0.25, 0.3) is 0 Å². The molecule has 0 aliphatic carbocycles. The highest BCUT2D eigenvalue weighted by atomic mass is 16.5. The smallest absolute Gasteiger partial charge is 0.338 e. The van der Waals surface area contributed by atoms with Gasteiger partial charge in [0.1, 0.15) is 12.0 Å². The van der Waals surface area contributed by atoms with E-state index in [1.54, 1.807) is 24.3 Å². The van der Waals surface area contributed by atoms with E-state index >= 15 is 0 Å². The first-order valence-electron chi connectivity index (χ1n) is 7.28. The Hall–Kier alpha value is -1.88. The molecular formula is C16H19NO4. The predicted molar refractivity (Wildman–Crippen MR) is 76.0 cm³/mol. The van der Waals surface area contributed by atoms with Crippen LogP contribution in [0.3, 0.4) is 0 Å². The van der Waals surface area contributed by atoms with Crippen molar-refractivity contribution >= 4 is 11.9 Å². The molecule has 0 saturated carbocycles. The zero-order valence-electron chi connectivity index (χ0n) is 11.9. The number of ether oxygens (including phenoxy) is 1. The number of fused-ring (bicyclic) bond motifs is 2. The summed E-state index contributed by atoms with van der Waals surface area (Å²) in [4.78, 5) is 25.9. The van der Waals surface area contributed by atoms with Crippen LogP contribution >= 0.6 is 0 Å². The van der Waals surface area contributed by atoms with Gasteiger partial charge in [0, 0.05) is 18.5 Å². The third-order valence-corrected chi connectivity index (χ3v) is 4.77. The maximum absolute atomic E-state index is 12.2. The van der Waals surface area contributed by atoms with Crippen LogP contribution in [0.1, 0.15) is 29.6 Å². The lowest BCUT2D eigenvalue weighted by Crippen LogP contribution is -2.53. The fourth-order valence-electron chi connectivity index (χ4n) is 3.65. The first-order chi connectivity index (χ1) is 10.1. The maximum Gasteiger partial charge on any atom is 0.338 e. The van der Waals surface area contributed by atoms with Gasteiger partial charge in [-0.1, -0.05) is 18.2 Å². The standard InChI is InChI=1S/C16H19NO4/c1-17-11-7-8-12(17)14(15(18)19)13(9-11)21-16(20)10-5-3-2-4-6-10/h2-6,11-14H,7-9H2,1H3,(H,18,19)/t11?,12?,13-,14+/m0/s1/i1-1. The summed E-state index contributed by atoms with van der Waals surface area (Å²) in [7, 11) is 1.97. The minimum absolute atomic E-state index is 0.0326. The Labute approximate surface area is 123 Å². The Bertz CT molecular complexity index is 544. The highest BCUT2D eigenvalue weighted by Crippen LogP contribution is 2.39.